The lowest BCUT2D eigenvalue weighted by molar-refractivity contribution is 0.423. The summed E-state index contributed by atoms with van der Waals surface area (Å²) in [5.41, 5.74) is 6.02. The molecule has 0 spiro atoms. The van der Waals surface area contributed by atoms with Gasteiger partial charge in [-0.2, -0.15) is 0 Å². The molecule has 2 unspecified atom stereocenters. The monoisotopic (exact) mass is 204 g/mol. The molecule has 1 aliphatic rings. The highest BCUT2D eigenvalue weighted by Gasteiger charge is 2.50. The van der Waals surface area contributed by atoms with E-state index in [0.29, 0.717) is 17.4 Å². The summed E-state index contributed by atoms with van der Waals surface area (Å²) in [6.45, 7) is 6.73. The first-order valence-electron chi connectivity index (χ1n) is 5.57. The van der Waals surface area contributed by atoms with E-state index in [-0.39, 0.29) is 0 Å². The van der Waals surface area contributed by atoms with E-state index in [2.05, 4.69) is 50.5 Å². The standard InChI is InChI=1S/C13H20N2/c1-9-5-4-6-10(7-9)12(15-14)11-8-13(11,2)3/h4-7,11-12,15H,8,14H2,1-3H3. The fourth-order valence-corrected chi connectivity index (χ4v) is 2.39. The second-order valence-corrected chi connectivity index (χ2v) is 5.36. The summed E-state index contributed by atoms with van der Waals surface area (Å²) in [5, 5.41) is 0. The minimum absolute atomic E-state index is 0.305. The Morgan fingerprint density at radius 1 is 1.47 bits per heavy atom. The van der Waals surface area contributed by atoms with Gasteiger partial charge in [-0.15, -0.1) is 0 Å². The van der Waals surface area contributed by atoms with Crippen LogP contribution in [0, 0.1) is 18.3 Å². The molecule has 3 N–H and O–H groups in total. The first-order chi connectivity index (χ1) is 7.04. The number of hydrogen-bond donors (Lipinski definition) is 2. The summed E-state index contributed by atoms with van der Waals surface area (Å²) in [7, 11) is 0. The number of rotatable bonds is 3. The summed E-state index contributed by atoms with van der Waals surface area (Å²) in [6.07, 6.45) is 1.26. The molecule has 0 radical (unpaired) electrons. The van der Waals surface area contributed by atoms with E-state index in [4.69, 9.17) is 5.84 Å². The lowest BCUT2D eigenvalue weighted by Crippen LogP contribution is -2.30. The zero-order chi connectivity index (χ0) is 11.1. The Hall–Kier alpha value is -0.860. The first kappa shape index (κ1) is 10.7. The van der Waals surface area contributed by atoms with Crippen molar-refractivity contribution in [3.05, 3.63) is 35.4 Å². The highest BCUT2D eigenvalue weighted by molar-refractivity contribution is 5.27. The molecule has 0 amide bonds. The van der Waals surface area contributed by atoms with Gasteiger partial charge in [0.05, 0.1) is 0 Å². The molecule has 2 heteroatoms. The molecule has 1 aromatic carbocycles. The van der Waals surface area contributed by atoms with Gasteiger partial charge in [0.15, 0.2) is 0 Å². The molecule has 1 saturated carbocycles. The zero-order valence-electron chi connectivity index (χ0n) is 9.75. The van der Waals surface area contributed by atoms with Crippen LogP contribution < -0.4 is 11.3 Å². The molecule has 82 valence electrons. The van der Waals surface area contributed by atoms with Gasteiger partial charge in [-0.25, -0.2) is 0 Å². The largest absolute Gasteiger partial charge is 0.271 e. The molecular formula is C13H20N2. The number of nitrogens with two attached hydrogens (primary N) is 1. The minimum atomic E-state index is 0.305. The molecule has 2 nitrogen and oxygen atoms in total. The molecule has 15 heavy (non-hydrogen) atoms. The van der Waals surface area contributed by atoms with Gasteiger partial charge < -0.3 is 0 Å². The summed E-state index contributed by atoms with van der Waals surface area (Å²) in [4.78, 5) is 0. The van der Waals surface area contributed by atoms with Crippen molar-refractivity contribution in [2.75, 3.05) is 0 Å². The Labute approximate surface area is 91.8 Å². The van der Waals surface area contributed by atoms with Crippen molar-refractivity contribution in [3.8, 4) is 0 Å². The van der Waals surface area contributed by atoms with E-state index >= 15 is 0 Å². The maximum absolute atomic E-state index is 5.67. The summed E-state index contributed by atoms with van der Waals surface area (Å²) in [5.74, 6) is 6.34. The van der Waals surface area contributed by atoms with Crippen molar-refractivity contribution in [3.63, 3.8) is 0 Å². The third kappa shape index (κ3) is 2.06. The molecule has 1 aromatic rings. The van der Waals surface area contributed by atoms with Crippen LogP contribution in [0.15, 0.2) is 24.3 Å². The molecule has 0 aliphatic heterocycles. The second kappa shape index (κ2) is 3.62. The maximum Gasteiger partial charge on any atom is 0.0493 e. The van der Waals surface area contributed by atoms with Crippen molar-refractivity contribution in [1.29, 1.82) is 0 Å². The Morgan fingerprint density at radius 3 is 2.60 bits per heavy atom. The molecule has 0 heterocycles. The van der Waals surface area contributed by atoms with E-state index in [9.17, 15) is 0 Å². The van der Waals surface area contributed by atoms with E-state index < -0.39 is 0 Å². The average Bonchev–Trinajstić information content (AvgIpc) is 2.76. The fourth-order valence-electron chi connectivity index (χ4n) is 2.39. The van der Waals surface area contributed by atoms with Crippen LogP contribution >= 0.6 is 0 Å². The van der Waals surface area contributed by atoms with Crippen LogP contribution in [0.5, 0.6) is 0 Å². The number of benzene rings is 1. The molecule has 0 bridgehead atoms. The molecular weight excluding hydrogens is 184 g/mol. The van der Waals surface area contributed by atoms with E-state index in [0.717, 1.165) is 0 Å². The van der Waals surface area contributed by atoms with Crippen LogP contribution in [0.2, 0.25) is 0 Å². The number of hydrazine groups is 1. The Morgan fingerprint density at radius 2 is 2.13 bits per heavy atom. The topological polar surface area (TPSA) is 38.0 Å². The van der Waals surface area contributed by atoms with Crippen LogP contribution in [0.4, 0.5) is 0 Å². The zero-order valence-corrected chi connectivity index (χ0v) is 9.75. The van der Waals surface area contributed by atoms with Crippen LogP contribution in [0.1, 0.15) is 37.4 Å². The van der Waals surface area contributed by atoms with Crippen LogP contribution in [-0.2, 0) is 0 Å². The summed E-state index contributed by atoms with van der Waals surface area (Å²) < 4.78 is 0. The Kier molecular flexibility index (Phi) is 2.57. The quantitative estimate of drug-likeness (QED) is 0.586. The van der Waals surface area contributed by atoms with Crippen molar-refractivity contribution in [2.45, 2.75) is 33.2 Å². The highest BCUT2D eigenvalue weighted by Crippen LogP contribution is 2.57. The SMILES string of the molecule is Cc1cccc(C(NN)C2CC2(C)C)c1. The molecule has 1 fully saturated rings. The van der Waals surface area contributed by atoms with Crippen LogP contribution in [0.3, 0.4) is 0 Å². The lowest BCUT2D eigenvalue weighted by atomic mass is 9.96. The predicted octanol–water partition coefficient (Wildman–Crippen LogP) is 2.55. The smallest absolute Gasteiger partial charge is 0.0493 e. The van der Waals surface area contributed by atoms with Gasteiger partial charge >= 0.3 is 0 Å². The number of nitrogens with one attached hydrogen (secondary N) is 1. The van der Waals surface area contributed by atoms with E-state index in [1.54, 1.807) is 0 Å². The molecule has 2 atom stereocenters. The third-order valence-corrected chi connectivity index (χ3v) is 3.57. The summed E-state index contributed by atoms with van der Waals surface area (Å²) in [6, 6.07) is 8.91. The van der Waals surface area contributed by atoms with Crippen molar-refractivity contribution < 1.29 is 0 Å². The Balaban J connectivity index is 2.21. The highest BCUT2D eigenvalue weighted by atomic mass is 15.2. The van der Waals surface area contributed by atoms with E-state index in [1.807, 2.05) is 0 Å². The fraction of sp³-hybridized carbons (Fsp3) is 0.538. The second-order valence-electron chi connectivity index (χ2n) is 5.36. The van der Waals surface area contributed by atoms with Gasteiger partial charge in [0.1, 0.15) is 0 Å². The van der Waals surface area contributed by atoms with Gasteiger partial charge in [-0.3, -0.25) is 11.3 Å². The number of hydrogen-bond acceptors (Lipinski definition) is 2. The number of aryl methyl sites for hydroxylation is 1. The first-order valence-corrected chi connectivity index (χ1v) is 5.57. The van der Waals surface area contributed by atoms with Crippen LogP contribution in [-0.4, -0.2) is 0 Å². The van der Waals surface area contributed by atoms with Gasteiger partial charge in [-0.1, -0.05) is 43.7 Å². The van der Waals surface area contributed by atoms with Crippen molar-refractivity contribution in [1.82, 2.24) is 5.43 Å². The van der Waals surface area contributed by atoms with Gasteiger partial charge in [0, 0.05) is 6.04 Å². The maximum atomic E-state index is 5.67. The van der Waals surface area contributed by atoms with Crippen molar-refractivity contribution >= 4 is 0 Å². The van der Waals surface area contributed by atoms with Gasteiger partial charge in [0.2, 0.25) is 0 Å². The molecule has 0 aromatic heterocycles. The summed E-state index contributed by atoms with van der Waals surface area (Å²) >= 11 is 0. The normalized spacial score (nSPS) is 24.9. The van der Waals surface area contributed by atoms with E-state index in [1.165, 1.54) is 17.5 Å². The van der Waals surface area contributed by atoms with Crippen molar-refractivity contribution in [2.24, 2.45) is 17.2 Å². The van der Waals surface area contributed by atoms with Gasteiger partial charge in [0.25, 0.3) is 0 Å². The third-order valence-electron chi connectivity index (χ3n) is 3.57. The average molecular weight is 204 g/mol. The molecule has 0 saturated heterocycles. The minimum Gasteiger partial charge on any atom is -0.271 e. The predicted molar refractivity (Wildman–Crippen MR) is 63.1 cm³/mol. The molecule has 1 aliphatic carbocycles. The Bertz CT molecular complexity index is 357. The molecule has 2 rings (SSSR count). The van der Waals surface area contributed by atoms with Gasteiger partial charge in [-0.05, 0) is 30.2 Å². The lowest BCUT2D eigenvalue weighted by Gasteiger charge is -2.18. The van der Waals surface area contributed by atoms with Crippen LogP contribution in [0.25, 0.3) is 0 Å².